The Kier molecular flexibility index (Phi) is 7.64. The fourth-order valence-corrected chi connectivity index (χ4v) is 4.49. The first-order valence-corrected chi connectivity index (χ1v) is 13.4. The molecule has 0 fully saturated rings. The number of amides is 1. The van der Waals surface area contributed by atoms with Crippen LogP contribution in [0.25, 0.3) is 34.0 Å². The van der Waals surface area contributed by atoms with Crippen molar-refractivity contribution in [1.29, 1.82) is 0 Å². The molecule has 210 valence electrons. The maximum Gasteiger partial charge on any atom is 0.296 e. The van der Waals surface area contributed by atoms with Crippen LogP contribution in [-0.2, 0) is 9.59 Å². The smallest absolute Gasteiger partial charge is 0.296 e. The van der Waals surface area contributed by atoms with Gasteiger partial charge < -0.3 is 21.3 Å². The number of guanidine groups is 2. The standard InChI is InChI=1S/C33H26N8O2/c1-34-32(37-23-8-4-2-5-9-23)39-27(20-42)18-25-16-14-21-12-13-22-15-17-26(36-30(22)29(21)35-25)19-28-31(43)41-33(40-28)38-24-10-6-3-7-11-24/h2-20H,1H3,(H2,34,37,39)(H2,38,40,41,43)/b27-18-,28-19-. The maximum absolute atomic E-state index is 12.6. The topological polar surface area (TPSA) is 133 Å². The zero-order chi connectivity index (χ0) is 29.6. The van der Waals surface area contributed by atoms with Crippen LogP contribution in [0.4, 0.5) is 11.4 Å². The number of rotatable bonds is 6. The van der Waals surface area contributed by atoms with Crippen LogP contribution in [0.2, 0.25) is 0 Å². The fraction of sp³-hybridized carbons (Fsp3) is 0.0303. The zero-order valence-electron chi connectivity index (χ0n) is 23.1. The van der Waals surface area contributed by atoms with Gasteiger partial charge in [-0.3, -0.25) is 14.6 Å². The first-order valence-electron chi connectivity index (χ1n) is 13.4. The van der Waals surface area contributed by atoms with Crippen molar-refractivity contribution in [3.05, 3.63) is 120 Å². The Balaban J connectivity index is 1.27. The van der Waals surface area contributed by atoms with Gasteiger partial charge in [0.15, 0.2) is 12.2 Å². The number of benzene rings is 3. The van der Waals surface area contributed by atoms with Gasteiger partial charge in [-0.2, -0.15) is 4.99 Å². The van der Waals surface area contributed by atoms with Crippen molar-refractivity contribution in [2.75, 3.05) is 17.7 Å². The van der Waals surface area contributed by atoms with Crippen molar-refractivity contribution >= 4 is 69.4 Å². The van der Waals surface area contributed by atoms with Crippen molar-refractivity contribution in [2.24, 2.45) is 9.98 Å². The average Bonchev–Trinajstić information content (AvgIpc) is 3.38. The van der Waals surface area contributed by atoms with E-state index < -0.39 is 5.91 Å². The quantitative estimate of drug-likeness (QED) is 0.0746. The number of hydrogen-bond acceptors (Lipinski definition) is 7. The zero-order valence-corrected chi connectivity index (χ0v) is 23.1. The molecule has 0 radical (unpaired) electrons. The Hall–Kier alpha value is -6.16. The summed E-state index contributed by atoms with van der Waals surface area (Å²) in [5.74, 6) is 0.368. The van der Waals surface area contributed by atoms with Crippen LogP contribution < -0.4 is 21.3 Å². The van der Waals surface area contributed by atoms with Crippen LogP contribution in [0.5, 0.6) is 0 Å². The number of hydrogen-bond donors (Lipinski definition) is 4. The lowest BCUT2D eigenvalue weighted by atomic mass is 10.1. The predicted octanol–water partition coefficient (Wildman–Crippen LogP) is 4.95. The number of fused-ring (bicyclic) bond motifs is 3. The number of carbonyl (C=O) groups excluding carboxylic acids is 2. The van der Waals surface area contributed by atoms with E-state index in [4.69, 9.17) is 9.97 Å². The molecule has 6 rings (SSSR count). The van der Waals surface area contributed by atoms with Gasteiger partial charge in [-0.15, -0.1) is 0 Å². The molecule has 0 unspecified atom stereocenters. The number of aliphatic imine (C=N–C) groups is 2. The number of pyridine rings is 2. The van der Waals surface area contributed by atoms with Gasteiger partial charge in [-0.25, -0.2) is 9.97 Å². The minimum absolute atomic E-state index is 0.278. The van der Waals surface area contributed by atoms with Gasteiger partial charge in [0.1, 0.15) is 5.70 Å². The van der Waals surface area contributed by atoms with Crippen LogP contribution in [0.3, 0.4) is 0 Å². The van der Waals surface area contributed by atoms with Gasteiger partial charge in [0.05, 0.1) is 28.1 Å². The summed E-state index contributed by atoms with van der Waals surface area (Å²) < 4.78 is 0. The van der Waals surface area contributed by atoms with E-state index in [2.05, 4.69) is 31.3 Å². The summed E-state index contributed by atoms with van der Waals surface area (Å²) >= 11 is 0. The van der Waals surface area contributed by atoms with E-state index in [0.717, 1.165) is 22.1 Å². The Morgan fingerprint density at radius 3 is 2.05 bits per heavy atom. The van der Waals surface area contributed by atoms with E-state index in [1.807, 2.05) is 97.1 Å². The lowest BCUT2D eigenvalue weighted by Crippen LogP contribution is -2.30. The van der Waals surface area contributed by atoms with Crippen LogP contribution in [0.15, 0.2) is 118 Å². The Bertz CT molecular complexity index is 1970. The number of anilines is 2. The molecule has 0 atom stereocenters. The summed E-state index contributed by atoms with van der Waals surface area (Å²) in [6.07, 6.45) is 4.02. The third-order valence-corrected chi connectivity index (χ3v) is 6.54. The molecule has 0 saturated heterocycles. The molecule has 10 heteroatoms. The Morgan fingerprint density at radius 2 is 1.40 bits per heavy atom. The van der Waals surface area contributed by atoms with E-state index in [0.29, 0.717) is 46.3 Å². The number of allylic oxidation sites excluding steroid dienone is 1. The summed E-state index contributed by atoms with van der Waals surface area (Å²) in [5, 5.41) is 14.1. The third kappa shape index (κ3) is 6.28. The molecule has 1 aliphatic heterocycles. The van der Waals surface area contributed by atoms with E-state index in [1.54, 1.807) is 19.2 Å². The van der Waals surface area contributed by atoms with E-state index in [-0.39, 0.29) is 5.70 Å². The monoisotopic (exact) mass is 566 g/mol. The second-order valence-corrected chi connectivity index (χ2v) is 9.53. The van der Waals surface area contributed by atoms with Gasteiger partial charge in [-0.1, -0.05) is 60.7 Å². The summed E-state index contributed by atoms with van der Waals surface area (Å²) in [6, 6.07) is 30.5. The van der Waals surface area contributed by atoms with Crippen LogP contribution in [0.1, 0.15) is 11.4 Å². The van der Waals surface area contributed by atoms with E-state index in [9.17, 15) is 9.59 Å². The molecule has 0 bridgehead atoms. The molecule has 1 aliphatic rings. The molecule has 43 heavy (non-hydrogen) atoms. The Morgan fingerprint density at radius 1 is 0.791 bits per heavy atom. The van der Waals surface area contributed by atoms with Crippen LogP contribution in [-0.4, -0.2) is 41.1 Å². The number of aromatic nitrogens is 2. The van der Waals surface area contributed by atoms with Gasteiger partial charge in [-0.05, 0) is 48.6 Å². The molecule has 0 spiro atoms. The maximum atomic E-state index is 12.6. The number of aldehydes is 1. The second-order valence-electron chi connectivity index (χ2n) is 9.53. The molecule has 3 aromatic carbocycles. The molecule has 3 heterocycles. The lowest BCUT2D eigenvalue weighted by Gasteiger charge is -2.11. The molecule has 4 N–H and O–H groups in total. The minimum Gasteiger partial charge on any atom is -0.326 e. The fourth-order valence-electron chi connectivity index (χ4n) is 4.49. The first kappa shape index (κ1) is 27.0. The summed E-state index contributed by atoms with van der Waals surface area (Å²) in [7, 11) is 1.63. The summed E-state index contributed by atoms with van der Waals surface area (Å²) in [4.78, 5) is 42.4. The highest BCUT2D eigenvalue weighted by Crippen LogP contribution is 2.24. The van der Waals surface area contributed by atoms with Gasteiger partial charge in [0, 0.05) is 29.2 Å². The van der Waals surface area contributed by atoms with Gasteiger partial charge in [0.25, 0.3) is 5.91 Å². The van der Waals surface area contributed by atoms with Crippen molar-refractivity contribution in [1.82, 2.24) is 20.6 Å². The molecular weight excluding hydrogens is 540 g/mol. The first-order chi connectivity index (χ1) is 21.1. The molecule has 0 saturated carbocycles. The van der Waals surface area contributed by atoms with Crippen molar-refractivity contribution in [3.8, 4) is 0 Å². The molecule has 0 aliphatic carbocycles. The van der Waals surface area contributed by atoms with E-state index >= 15 is 0 Å². The molecule has 10 nitrogen and oxygen atoms in total. The van der Waals surface area contributed by atoms with Crippen molar-refractivity contribution in [3.63, 3.8) is 0 Å². The number of nitrogens with one attached hydrogen (secondary N) is 4. The minimum atomic E-state index is -0.394. The highest BCUT2D eigenvalue weighted by atomic mass is 16.2. The third-order valence-electron chi connectivity index (χ3n) is 6.54. The molecule has 5 aromatic rings. The molecule has 2 aromatic heterocycles. The van der Waals surface area contributed by atoms with E-state index in [1.165, 1.54) is 0 Å². The number of para-hydroxylation sites is 2. The lowest BCUT2D eigenvalue weighted by molar-refractivity contribution is -0.114. The summed E-state index contributed by atoms with van der Waals surface area (Å²) in [6.45, 7) is 0. The Labute approximate surface area is 247 Å². The molecule has 1 amide bonds. The van der Waals surface area contributed by atoms with Crippen LogP contribution in [0, 0.1) is 0 Å². The van der Waals surface area contributed by atoms with Crippen molar-refractivity contribution in [2.45, 2.75) is 0 Å². The highest BCUT2D eigenvalue weighted by Gasteiger charge is 2.20. The largest absolute Gasteiger partial charge is 0.326 e. The normalized spacial score (nSPS) is 14.5. The van der Waals surface area contributed by atoms with Gasteiger partial charge >= 0.3 is 0 Å². The summed E-state index contributed by atoms with van der Waals surface area (Å²) in [5.41, 5.74) is 4.69. The van der Waals surface area contributed by atoms with Gasteiger partial charge in [0.2, 0.25) is 5.96 Å². The SMILES string of the molecule is C/N=C(\N/C(C=O)=C\c1ccc2ccc3ccc(/C=C4\NC(Nc5ccccc5)=NC4=O)nc3c2n1)Nc1ccccc1. The molecular formula is C33H26N8O2. The van der Waals surface area contributed by atoms with Crippen molar-refractivity contribution < 1.29 is 9.59 Å². The second kappa shape index (κ2) is 12.1. The van der Waals surface area contributed by atoms with Crippen LogP contribution >= 0.6 is 0 Å². The predicted molar refractivity (Wildman–Crippen MR) is 171 cm³/mol. The number of nitrogens with zero attached hydrogens (tertiary/aromatic N) is 4. The number of carbonyl (C=O) groups is 2. The average molecular weight is 567 g/mol. The highest BCUT2D eigenvalue weighted by molar-refractivity contribution is 6.16.